The molecule has 0 amide bonds. The molecule has 0 saturated heterocycles. The second-order valence-electron chi connectivity index (χ2n) is 9.39. The van der Waals surface area contributed by atoms with Crippen LogP contribution >= 0.6 is 0 Å². The summed E-state index contributed by atoms with van der Waals surface area (Å²) in [6.07, 6.45) is 0.792. The maximum absolute atomic E-state index is 6.76. The van der Waals surface area contributed by atoms with Crippen molar-refractivity contribution in [3.05, 3.63) is 71.3 Å². The molecule has 3 nitrogen and oxygen atoms in total. The molecule has 3 heteroatoms. The van der Waals surface area contributed by atoms with Gasteiger partial charge in [-0.15, -0.1) is 0 Å². The lowest BCUT2D eigenvalue weighted by atomic mass is 9.91. The first-order valence-corrected chi connectivity index (χ1v) is 10.4. The first-order chi connectivity index (χ1) is 13.1. The van der Waals surface area contributed by atoms with Crippen LogP contribution in [0.5, 0.6) is 0 Å². The van der Waals surface area contributed by atoms with E-state index < -0.39 is 0 Å². The molecule has 3 rings (SSSR count). The first-order valence-electron chi connectivity index (χ1n) is 10.4. The first kappa shape index (κ1) is 21.0. The number of hydrogen-bond acceptors (Lipinski definition) is 3. The van der Waals surface area contributed by atoms with Crippen LogP contribution in [-0.2, 0) is 20.7 Å². The zero-order valence-electron chi connectivity index (χ0n) is 18.5. The van der Waals surface area contributed by atoms with Crippen molar-refractivity contribution in [3.8, 4) is 0 Å². The van der Waals surface area contributed by atoms with Crippen molar-refractivity contribution in [1.29, 1.82) is 0 Å². The van der Waals surface area contributed by atoms with E-state index >= 15 is 0 Å². The van der Waals surface area contributed by atoms with E-state index in [0.29, 0.717) is 6.61 Å². The minimum absolute atomic E-state index is 0.167. The number of hydrogen-bond donors (Lipinski definition) is 0. The van der Waals surface area contributed by atoms with Gasteiger partial charge in [0, 0.05) is 0 Å². The van der Waals surface area contributed by atoms with Gasteiger partial charge in [0.15, 0.2) is 0 Å². The normalized spacial score (nSPS) is 19.4. The van der Waals surface area contributed by atoms with Gasteiger partial charge in [-0.2, -0.15) is 5.06 Å². The van der Waals surface area contributed by atoms with Gasteiger partial charge in [0.1, 0.15) is 6.10 Å². The van der Waals surface area contributed by atoms with Crippen LogP contribution in [0, 0.1) is 0 Å². The topological polar surface area (TPSA) is 21.7 Å². The van der Waals surface area contributed by atoms with Crippen LogP contribution in [0.2, 0.25) is 0 Å². The molecule has 0 N–H and O–H groups in total. The van der Waals surface area contributed by atoms with E-state index in [1.807, 2.05) is 6.07 Å². The Morgan fingerprint density at radius 3 is 1.86 bits per heavy atom. The molecule has 0 spiro atoms. The molecule has 0 aliphatic carbocycles. The van der Waals surface area contributed by atoms with Crippen LogP contribution in [0.15, 0.2) is 54.6 Å². The molecule has 1 unspecified atom stereocenters. The van der Waals surface area contributed by atoms with Crippen LogP contribution in [-0.4, -0.2) is 17.3 Å². The molecule has 0 fully saturated rings. The molecular weight excluding hydrogens is 346 g/mol. The van der Waals surface area contributed by atoms with Gasteiger partial charge >= 0.3 is 0 Å². The zero-order valence-corrected chi connectivity index (χ0v) is 18.5. The van der Waals surface area contributed by atoms with E-state index in [1.165, 1.54) is 11.1 Å². The summed E-state index contributed by atoms with van der Waals surface area (Å²) in [4.78, 5) is 6.76. The molecular formula is C25H35NO2. The summed E-state index contributed by atoms with van der Waals surface area (Å²) in [6, 6.07) is 19.1. The second kappa shape index (κ2) is 7.62. The minimum Gasteiger partial charge on any atom is -0.372 e. The smallest absolute Gasteiger partial charge is 0.128 e. The molecule has 0 saturated carbocycles. The third-order valence-electron chi connectivity index (χ3n) is 6.14. The van der Waals surface area contributed by atoms with Crippen LogP contribution in [0.4, 0.5) is 0 Å². The van der Waals surface area contributed by atoms with E-state index in [2.05, 4.69) is 102 Å². The Balaban J connectivity index is 1.92. The maximum atomic E-state index is 6.76. The van der Waals surface area contributed by atoms with Crippen LogP contribution < -0.4 is 0 Å². The fourth-order valence-electron chi connectivity index (χ4n) is 4.12. The highest BCUT2D eigenvalue weighted by molar-refractivity contribution is 5.42. The van der Waals surface area contributed by atoms with Gasteiger partial charge in [0.2, 0.25) is 0 Å². The van der Waals surface area contributed by atoms with Gasteiger partial charge in [0.25, 0.3) is 0 Å². The largest absolute Gasteiger partial charge is 0.372 e. The van der Waals surface area contributed by atoms with Gasteiger partial charge < -0.3 is 4.74 Å². The molecule has 1 heterocycles. The molecule has 1 aliphatic heterocycles. The average molecular weight is 382 g/mol. The molecule has 2 aromatic carbocycles. The van der Waals surface area contributed by atoms with E-state index in [1.54, 1.807) is 0 Å². The maximum Gasteiger partial charge on any atom is 0.128 e. The fraction of sp³-hybridized carbons (Fsp3) is 0.520. The van der Waals surface area contributed by atoms with Crippen molar-refractivity contribution in [2.24, 2.45) is 0 Å². The Labute approximate surface area is 170 Å². The lowest BCUT2D eigenvalue weighted by Gasteiger charge is -2.42. The van der Waals surface area contributed by atoms with Gasteiger partial charge in [-0.1, -0.05) is 61.5 Å². The molecule has 152 valence electrons. The van der Waals surface area contributed by atoms with Gasteiger partial charge in [-0.05, 0) is 64.7 Å². The number of hydroxylamine groups is 2. The van der Waals surface area contributed by atoms with Crippen molar-refractivity contribution in [2.75, 3.05) is 6.61 Å². The molecule has 28 heavy (non-hydrogen) atoms. The predicted molar refractivity (Wildman–Crippen MR) is 115 cm³/mol. The van der Waals surface area contributed by atoms with Crippen LogP contribution in [0.1, 0.15) is 77.7 Å². The number of ether oxygens (including phenoxy) is 1. The molecule has 0 bridgehead atoms. The average Bonchev–Trinajstić information content (AvgIpc) is 2.82. The van der Waals surface area contributed by atoms with E-state index in [9.17, 15) is 0 Å². The van der Waals surface area contributed by atoms with Gasteiger partial charge in [-0.3, -0.25) is 4.84 Å². The Morgan fingerprint density at radius 1 is 0.857 bits per heavy atom. The van der Waals surface area contributed by atoms with Crippen molar-refractivity contribution in [3.63, 3.8) is 0 Å². The molecule has 0 radical (unpaired) electrons. The van der Waals surface area contributed by atoms with Crippen LogP contribution in [0.3, 0.4) is 0 Å². The Morgan fingerprint density at radius 2 is 1.36 bits per heavy atom. The summed E-state index contributed by atoms with van der Waals surface area (Å²) >= 11 is 0. The third kappa shape index (κ3) is 3.89. The van der Waals surface area contributed by atoms with E-state index in [4.69, 9.17) is 9.57 Å². The Bertz CT molecular complexity index is 760. The number of benzene rings is 2. The summed E-state index contributed by atoms with van der Waals surface area (Å²) < 4.78 is 6.27. The number of fused-ring (bicyclic) bond motifs is 1. The third-order valence-corrected chi connectivity index (χ3v) is 6.14. The quantitative estimate of drug-likeness (QED) is 0.558. The summed E-state index contributed by atoms with van der Waals surface area (Å²) in [6.45, 7) is 15.9. The van der Waals surface area contributed by atoms with Crippen molar-refractivity contribution < 1.29 is 9.57 Å². The second-order valence-corrected chi connectivity index (χ2v) is 9.39. The molecule has 1 atom stereocenters. The van der Waals surface area contributed by atoms with Crippen molar-refractivity contribution in [1.82, 2.24) is 5.06 Å². The number of nitrogens with zero attached hydrogens (tertiary/aromatic N) is 1. The Kier molecular flexibility index (Phi) is 5.73. The molecule has 1 aliphatic rings. The van der Waals surface area contributed by atoms with Crippen molar-refractivity contribution >= 4 is 0 Å². The molecule has 0 aromatic heterocycles. The van der Waals surface area contributed by atoms with E-state index in [-0.39, 0.29) is 22.8 Å². The monoisotopic (exact) mass is 381 g/mol. The summed E-state index contributed by atoms with van der Waals surface area (Å²) in [5, 5.41) is 2.17. The number of rotatable bonds is 7. The summed E-state index contributed by atoms with van der Waals surface area (Å²) in [7, 11) is 0. The fourth-order valence-corrected chi connectivity index (χ4v) is 4.12. The zero-order chi connectivity index (χ0) is 20.6. The van der Waals surface area contributed by atoms with Gasteiger partial charge in [0.05, 0.1) is 23.3 Å². The summed E-state index contributed by atoms with van der Waals surface area (Å²) in [5.41, 5.74) is 3.15. The SMILES string of the molecule is CCC(C)(C)OCC(ON1C(C)(C)c2ccccc2C1(C)C)c1ccccc1. The Hall–Kier alpha value is -1.68. The van der Waals surface area contributed by atoms with Crippen LogP contribution in [0.25, 0.3) is 0 Å². The van der Waals surface area contributed by atoms with Crippen molar-refractivity contribution in [2.45, 2.75) is 77.7 Å². The standard InChI is InChI=1S/C25H35NO2/c1-8-23(2,3)27-18-22(19-14-10-9-11-15-19)28-26-24(4,5)20-16-12-13-17-21(20)25(26,6)7/h9-17,22H,8,18H2,1-7H3. The molecule has 2 aromatic rings. The highest BCUT2D eigenvalue weighted by atomic mass is 16.7. The highest BCUT2D eigenvalue weighted by Gasteiger charge is 2.51. The van der Waals surface area contributed by atoms with Gasteiger partial charge in [-0.25, -0.2) is 0 Å². The highest BCUT2D eigenvalue weighted by Crippen LogP contribution is 2.50. The lowest BCUT2D eigenvalue weighted by molar-refractivity contribution is -0.300. The minimum atomic E-state index is -0.229. The lowest BCUT2D eigenvalue weighted by Crippen LogP contribution is -2.46. The van der Waals surface area contributed by atoms with E-state index in [0.717, 1.165) is 12.0 Å². The summed E-state index contributed by atoms with van der Waals surface area (Å²) in [5.74, 6) is 0. The predicted octanol–water partition coefficient (Wildman–Crippen LogP) is 6.35.